The summed E-state index contributed by atoms with van der Waals surface area (Å²) in [6.45, 7) is 1.48. The molecule has 1 rings (SSSR count). The molecule has 0 fully saturated rings. The molecular weight excluding hydrogens is 198 g/mol. The zero-order valence-corrected chi connectivity index (χ0v) is 7.72. The van der Waals surface area contributed by atoms with Gasteiger partial charge in [-0.3, -0.25) is 0 Å². The van der Waals surface area contributed by atoms with Crippen molar-refractivity contribution in [2.24, 2.45) is 0 Å². The fourth-order valence-corrected chi connectivity index (χ4v) is 1.29. The summed E-state index contributed by atoms with van der Waals surface area (Å²) in [5.74, 6) is 0. The van der Waals surface area contributed by atoms with E-state index >= 15 is 0 Å². The average Bonchev–Trinajstić information content (AvgIpc) is 2.04. The van der Waals surface area contributed by atoms with Crippen LogP contribution in [-0.2, 0) is 0 Å². The summed E-state index contributed by atoms with van der Waals surface area (Å²) in [6, 6.07) is 3.83. The van der Waals surface area contributed by atoms with Crippen molar-refractivity contribution >= 4 is 11.6 Å². The van der Waals surface area contributed by atoms with Gasteiger partial charge in [0.25, 0.3) is 6.43 Å². The van der Waals surface area contributed by atoms with E-state index in [-0.39, 0.29) is 5.56 Å². The van der Waals surface area contributed by atoms with Gasteiger partial charge in [0.2, 0.25) is 0 Å². The molecule has 0 bridgehead atoms. The Morgan fingerprint density at radius 3 is 2.46 bits per heavy atom. The minimum absolute atomic E-state index is 0.125. The lowest BCUT2D eigenvalue weighted by atomic mass is 10.1. The maximum Gasteiger partial charge on any atom is 0.263 e. The van der Waals surface area contributed by atoms with Gasteiger partial charge in [0.15, 0.2) is 0 Å². The summed E-state index contributed by atoms with van der Waals surface area (Å²) in [5.41, 5.74) is 0.208. The Labute approximate surface area is 80.0 Å². The summed E-state index contributed by atoms with van der Waals surface area (Å²) < 4.78 is 24.4. The van der Waals surface area contributed by atoms with Crippen molar-refractivity contribution in [3.8, 4) is 0 Å². The SMILES string of the molecule is CC(O)c1cc(C(F)F)ccc1Cl. The fourth-order valence-electron chi connectivity index (χ4n) is 1.02. The minimum atomic E-state index is -2.53. The first-order valence-corrected chi connectivity index (χ1v) is 4.15. The lowest BCUT2D eigenvalue weighted by Crippen LogP contribution is -1.94. The molecule has 4 heteroatoms. The van der Waals surface area contributed by atoms with Gasteiger partial charge in [-0.2, -0.15) is 0 Å². The fraction of sp³-hybridized carbons (Fsp3) is 0.333. The van der Waals surface area contributed by atoms with Gasteiger partial charge in [-0.15, -0.1) is 0 Å². The van der Waals surface area contributed by atoms with Crippen molar-refractivity contribution < 1.29 is 13.9 Å². The Morgan fingerprint density at radius 1 is 1.38 bits per heavy atom. The molecule has 0 radical (unpaired) electrons. The van der Waals surface area contributed by atoms with Crippen LogP contribution in [0.4, 0.5) is 8.78 Å². The summed E-state index contributed by atoms with van der Waals surface area (Å²) in [5, 5.41) is 9.49. The smallest absolute Gasteiger partial charge is 0.263 e. The zero-order chi connectivity index (χ0) is 10.0. The third kappa shape index (κ3) is 2.39. The predicted octanol–water partition coefficient (Wildman–Crippen LogP) is 3.33. The van der Waals surface area contributed by atoms with Crippen LogP contribution >= 0.6 is 11.6 Å². The second kappa shape index (κ2) is 4.03. The molecule has 0 aliphatic heterocycles. The summed E-state index contributed by atoms with van der Waals surface area (Å²) in [7, 11) is 0. The molecule has 1 aromatic carbocycles. The molecular formula is C9H9ClF2O. The third-order valence-electron chi connectivity index (χ3n) is 1.72. The highest BCUT2D eigenvalue weighted by atomic mass is 35.5. The number of aliphatic hydroxyl groups is 1. The zero-order valence-electron chi connectivity index (χ0n) is 6.97. The van der Waals surface area contributed by atoms with E-state index in [4.69, 9.17) is 11.6 Å². The van der Waals surface area contributed by atoms with Crippen LogP contribution in [0.3, 0.4) is 0 Å². The van der Waals surface area contributed by atoms with Crippen molar-refractivity contribution in [3.05, 3.63) is 34.3 Å². The standard InChI is InChI=1S/C9H9ClF2O/c1-5(13)7-4-6(9(11)12)2-3-8(7)10/h2-5,9,13H,1H3. The maximum absolute atomic E-state index is 12.2. The highest BCUT2D eigenvalue weighted by Gasteiger charge is 2.12. The van der Waals surface area contributed by atoms with Crippen LogP contribution in [0.25, 0.3) is 0 Å². The monoisotopic (exact) mass is 206 g/mol. The van der Waals surface area contributed by atoms with Crippen molar-refractivity contribution in [3.63, 3.8) is 0 Å². The van der Waals surface area contributed by atoms with E-state index in [1.54, 1.807) is 0 Å². The second-order valence-electron chi connectivity index (χ2n) is 2.76. The Kier molecular flexibility index (Phi) is 3.22. The van der Waals surface area contributed by atoms with Gasteiger partial charge in [0, 0.05) is 10.6 Å². The van der Waals surface area contributed by atoms with Gasteiger partial charge in [-0.1, -0.05) is 17.7 Å². The first kappa shape index (κ1) is 10.4. The van der Waals surface area contributed by atoms with E-state index in [2.05, 4.69) is 0 Å². The summed E-state index contributed by atoms with van der Waals surface area (Å²) >= 11 is 5.69. The highest BCUT2D eigenvalue weighted by molar-refractivity contribution is 6.31. The molecule has 0 spiro atoms. The summed E-state index contributed by atoms with van der Waals surface area (Å²) in [4.78, 5) is 0. The maximum atomic E-state index is 12.2. The molecule has 1 atom stereocenters. The Hall–Kier alpha value is -0.670. The quantitative estimate of drug-likeness (QED) is 0.787. The first-order valence-electron chi connectivity index (χ1n) is 3.78. The van der Waals surface area contributed by atoms with Crippen molar-refractivity contribution in [1.82, 2.24) is 0 Å². The number of aliphatic hydroxyl groups excluding tert-OH is 1. The Bertz CT molecular complexity index is 300. The highest BCUT2D eigenvalue weighted by Crippen LogP contribution is 2.28. The molecule has 1 N–H and O–H groups in total. The van der Waals surface area contributed by atoms with Crippen LogP contribution in [-0.4, -0.2) is 5.11 Å². The molecule has 0 aromatic heterocycles. The van der Waals surface area contributed by atoms with E-state index in [1.165, 1.54) is 25.1 Å². The predicted molar refractivity (Wildman–Crippen MR) is 47.0 cm³/mol. The van der Waals surface area contributed by atoms with E-state index < -0.39 is 12.5 Å². The molecule has 13 heavy (non-hydrogen) atoms. The number of alkyl halides is 2. The molecule has 0 saturated heterocycles. The van der Waals surface area contributed by atoms with E-state index in [0.717, 1.165) is 0 Å². The van der Waals surface area contributed by atoms with Crippen LogP contribution in [0.15, 0.2) is 18.2 Å². The Balaban J connectivity index is 3.11. The summed E-state index contributed by atoms with van der Waals surface area (Å²) in [6.07, 6.45) is -3.36. The molecule has 0 aliphatic rings. The second-order valence-corrected chi connectivity index (χ2v) is 3.16. The molecule has 1 aromatic rings. The average molecular weight is 207 g/mol. The van der Waals surface area contributed by atoms with E-state index in [0.29, 0.717) is 10.6 Å². The van der Waals surface area contributed by atoms with Gasteiger partial charge >= 0.3 is 0 Å². The lowest BCUT2D eigenvalue weighted by Gasteiger charge is -2.09. The number of halogens is 3. The van der Waals surface area contributed by atoms with Crippen molar-refractivity contribution in [2.75, 3.05) is 0 Å². The molecule has 0 amide bonds. The minimum Gasteiger partial charge on any atom is -0.389 e. The van der Waals surface area contributed by atoms with E-state index in [1.807, 2.05) is 0 Å². The molecule has 0 heterocycles. The molecule has 0 saturated carbocycles. The molecule has 72 valence electrons. The van der Waals surface area contributed by atoms with Crippen LogP contribution < -0.4 is 0 Å². The first-order chi connectivity index (χ1) is 6.02. The van der Waals surface area contributed by atoms with Gasteiger partial charge in [-0.05, 0) is 24.6 Å². The molecule has 1 unspecified atom stereocenters. The topological polar surface area (TPSA) is 20.2 Å². The van der Waals surface area contributed by atoms with Crippen LogP contribution in [0.2, 0.25) is 5.02 Å². The van der Waals surface area contributed by atoms with Gasteiger partial charge in [-0.25, -0.2) is 8.78 Å². The molecule has 0 aliphatic carbocycles. The van der Waals surface area contributed by atoms with Crippen molar-refractivity contribution in [1.29, 1.82) is 0 Å². The van der Waals surface area contributed by atoms with Gasteiger partial charge < -0.3 is 5.11 Å². The van der Waals surface area contributed by atoms with Crippen LogP contribution in [0, 0.1) is 0 Å². The molecule has 1 nitrogen and oxygen atoms in total. The normalized spacial score (nSPS) is 13.4. The number of benzene rings is 1. The van der Waals surface area contributed by atoms with Crippen molar-refractivity contribution in [2.45, 2.75) is 19.5 Å². The Morgan fingerprint density at radius 2 is 2.00 bits per heavy atom. The lowest BCUT2D eigenvalue weighted by molar-refractivity contribution is 0.150. The third-order valence-corrected chi connectivity index (χ3v) is 2.07. The largest absolute Gasteiger partial charge is 0.389 e. The van der Waals surface area contributed by atoms with E-state index in [9.17, 15) is 13.9 Å². The van der Waals surface area contributed by atoms with Gasteiger partial charge in [0.1, 0.15) is 0 Å². The van der Waals surface area contributed by atoms with Crippen LogP contribution in [0.5, 0.6) is 0 Å². The van der Waals surface area contributed by atoms with Crippen LogP contribution in [0.1, 0.15) is 30.6 Å². The van der Waals surface area contributed by atoms with Gasteiger partial charge in [0.05, 0.1) is 6.10 Å². The number of hydrogen-bond donors (Lipinski definition) is 1. The number of rotatable bonds is 2. The number of hydrogen-bond acceptors (Lipinski definition) is 1.